The number of hydrogen-bond donors (Lipinski definition) is 2. The third kappa shape index (κ3) is 5.51. The monoisotopic (exact) mass is 356 g/mol. The normalized spacial score (nSPS) is 11.4. The first-order valence-corrected chi connectivity index (χ1v) is 8.33. The molecule has 0 aromatic heterocycles. The molecule has 0 heterocycles. The van der Waals surface area contributed by atoms with Crippen molar-refractivity contribution in [3.63, 3.8) is 0 Å². The number of hydrogen-bond acceptors (Lipinski definition) is 4. The third-order valence-corrected chi connectivity index (χ3v) is 4.06. The van der Waals surface area contributed by atoms with Crippen LogP contribution in [-0.4, -0.2) is 25.7 Å². The Kier molecular flexibility index (Phi) is 6.60. The van der Waals surface area contributed by atoms with E-state index in [1.807, 2.05) is 19.1 Å². The molecule has 0 saturated carbocycles. The summed E-state index contributed by atoms with van der Waals surface area (Å²) < 4.78 is 9.99. The van der Waals surface area contributed by atoms with Crippen LogP contribution in [0.4, 0.5) is 10.5 Å². The maximum Gasteiger partial charge on any atom is 0.411 e. The number of anilines is 1. The molecule has 0 spiro atoms. The number of amides is 2. The Morgan fingerprint density at radius 1 is 1.04 bits per heavy atom. The minimum absolute atomic E-state index is 0.0844. The van der Waals surface area contributed by atoms with Crippen LogP contribution in [0, 0.1) is 13.8 Å². The number of aryl methyl sites for hydroxylation is 2. The van der Waals surface area contributed by atoms with Crippen LogP contribution in [0.15, 0.2) is 42.5 Å². The predicted molar refractivity (Wildman–Crippen MR) is 100 cm³/mol. The molecule has 2 aromatic carbocycles. The summed E-state index contributed by atoms with van der Waals surface area (Å²) in [4.78, 5) is 23.2. The van der Waals surface area contributed by atoms with Gasteiger partial charge in [-0.15, -0.1) is 0 Å². The highest BCUT2D eigenvalue weighted by Gasteiger charge is 2.11. The molecule has 0 fully saturated rings. The standard InChI is InChI=1S/C20H24N2O4/c1-13-5-6-16(11-14(13)2)15(3)21-19(23)12-26-18-9-7-17(8-10-18)22-20(24)25-4/h5-11,15H,12H2,1-4H3,(H,21,23)(H,22,24). The molecule has 2 N–H and O–H groups in total. The van der Waals surface area contributed by atoms with Crippen LogP contribution in [0.3, 0.4) is 0 Å². The zero-order valence-corrected chi connectivity index (χ0v) is 15.5. The fourth-order valence-electron chi connectivity index (χ4n) is 2.35. The van der Waals surface area contributed by atoms with Crippen molar-refractivity contribution in [1.29, 1.82) is 0 Å². The van der Waals surface area contributed by atoms with Gasteiger partial charge in [-0.25, -0.2) is 4.79 Å². The first kappa shape index (κ1) is 19.3. The van der Waals surface area contributed by atoms with Gasteiger partial charge in [-0.3, -0.25) is 10.1 Å². The molecule has 1 unspecified atom stereocenters. The number of ether oxygens (including phenoxy) is 2. The molecule has 0 aliphatic rings. The fraction of sp³-hybridized carbons (Fsp3) is 0.300. The zero-order chi connectivity index (χ0) is 19.1. The van der Waals surface area contributed by atoms with Crippen molar-refractivity contribution < 1.29 is 19.1 Å². The highest BCUT2D eigenvalue weighted by Crippen LogP contribution is 2.18. The van der Waals surface area contributed by atoms with E-state index in [9.17, 15) is 9.59 Å². The highest BCUT2D eigenvalue weighted by molar-refractivity contribution is 5.84. The van der Waals surface area contributed by atoms with Gasteiger partial charge in [0.05, 0.1) is 13.2 Å². The molecule has 2 aromatic rings. The second-order valence-corrected chi connectivity index (χ2v) is 6.06. The lowest BCUT2D eigenvalue weighted by molar-refractivity contribution is -0.123. The van der Waals surface area contributed by atoms with Gasteiger partial charge in [-0.05, 0) is 61.7 Å². The molecule has 0 bridgehead atoms. The molecule has 6 nitrogen and oxygen atoms in total. The molecule has 1 atom stereocenters. The minimum Gasteiger partial charge on any atom is -0.484 e. The summed E-state index contributed by atoms with van der Waals surface area (Å²) in [6, 6.07) is 12.7. The van der Waals surface area contributed by atoms with Gasteiger partial charge in [0, 0.05) is 5.69 Å². The summed E-state index contributed by atoms with van der Waals surface area (Å²) in [7, 11) is 1.30. The summed E-state index contributed by atoms with van der Waals surface area (Å²) in [5.41, 5.74) is 4.05. The number of carbonyl (C=O) groups excluding carboxylic acids is 2. The van der Waals surface area contributed by atoms with Crippen molar-refractivity contribution >= 4 is 17.7 Å². The van der Waals surface area contributed by atoms with E-state index in [0.717, 1.165) is 5.56 Å². The number of rotatable bonds is 6. The van der Waals surface area contributed by atoms with E-state index in [1.165, 1.54) is 18.2 Å². The van der Waals surface area contributed by atoms with E-state index in [-0.39, 0.29) is 18.6 Å². The van der Waals surface area contributed by atoms with Crippen LogP contribution in [0.5, 0.6) is 5.75 Å². The number of carbonyl (C=O) groups is 2. The Hall–Kier alpha value is -3.02. The van der Waals surface area contributed by atoms with Crippen molar-refractivity contribution in [3.05, 3.63) is 59.2 Å². The SMILES string of the molecule is COC(=O)Nc1ccc(OCC(=O)NC(C)c2ccc(C)c(C)c2)cc1. The van der Waals surface area contributed by atoms with Crippen LogP contribution in [0.1, 0.15) is 29.7 Å². The number of nitrogens with one attached hydrogen (secondary N) is 2. The van der Waals surface area contributed by atoms with E-state index < -0.39 is 6.09 Å². The topological polar surface area (TPSA) is 76.7 Å². The Morgan fingerprint density at radius 3 is 2.35 bits per heavy atom. The van der Waals surface area contributed by atoms with Gasteiger partial charge in [-0.2, -0.15) is 0 Å². The van der Waals surface area contributed by atoms with Gasteiger partial charge in [-0.1, -0.05) is 18.2 Å². The molecule has 0 aliphatic carbocycles. The summed E-state index contributed by atoms with van der Waals surface area (Å²) in [5.74, 6) is 0.335. The van der Waals surface area contributed by atoms with Crippen LogP contribution in [0.2, 0.25) is 0 Å². The van der Waals surface area contributed by atoms with Gasteiger partial charge < -0.3 is 14.8 Å². The van der Waals surface area contributed by atoms with Crippen LogP contribution < -0.4 is 15.4 Å². The minimum atomic E-state index is -0.543. The highest BCUT2D eigenvalue weighted by atomic mass is 16.5. The smallest absolute Gasteiger partial charge is 0.411 e. The quantitative estimate of drug-likeness (QED) is 0.827. The number of benzene rings is 2. The van der Waals surface area contributed by atoms with E-state index in [0.29, 0.717) is 11.4 Å². The molecule has 0 aliphatic heterocycles. The second kappa shape index (κ2) is 8.89. The van der Waals surface area contributed by atoms with E-state index in [2.05, 4.69) is 35.3 Å². The maximum absolute atomic E-state index is 12.1. The van der Waals surface area contributed by atoms with Crippen molar-refractivity contribution in [2.45, 2.75) is 26.8 Å². The molecule has 26 heavy (non-hydrogen) atoms. The lowest BCUT2D eigenvalue weighted by Crippen LogP contribution is -2.31. The molecular weight excluding hydrogens is 332 g/mol. The summed E-state index contributed by atoms with van der Waals surface area (Å²) in [6.07, 6.45) is -0.543. The third-order valence-electron chi connectivity index (χ3n) is 4.06. The first-order valence-electron chi connectivity index (χ1n) is 8.33. The van der Waals surface area contributed by atoms with E-state index >= 15 is 0 Å². The predicted octanol–water partition coefficient (Wildman–Crippen LogP) is 3.74. The second-order valence-electron chi connectivity index (χ2n) is 6.06. The van der Waals surface area contributed by atoms with Crippen molar-refractivity contribution in [3.8, 4) is 5.75 Å². The molecule has 0 saturated heterocycles. The average Bonchev–Trinajstić information content (AvgIpc) is 2.63. The van der Waals surface area contributed by atoms with Gasteiger partial charge in [0.2, 0.25) is 0 Å². The molecule has 2 rings (SSSR count). The summed E-state index contributed by atoms with van der Waals surface area (Å²) in [5, 5.41) is 5.46. The van der Waals surface area contributed by atoms with Crippen LogP contribution >= 0.6 is 0 Å². The van der Waals surface area contributed by atoms with Gasteiger partial charge in [0.15, 0.2) is 6.61 Å². The molecular formula is C20H24N2O4. The fourth-order valence-corrected chi connectivity index (χ4v) is 2.35. The maximum atomic E-state index is 12.1. The first-order chi connectivity index (χ1) is 12.4. The lowest BCUT2D eigenvalue weighted by Gasteiger charge is -2.16. The van der Waals surface area contributed by atoms with Gasteiger partial charge in [0.1, 0.15) is 5.75 Å². The lowest BCUT2D eigenvalue weighted by atomic mass is 10.0. The van der Waals surface area contributed by atoms with E-state index in [4.69, 9.17) is 4.74 Å². The molecule has 6 heteroatoms. The molecule has 0 radical (unpaired) electrons. The van der Waals surface area contributed by atoms with Crippen molar-refractivity contribution in [1.82, 2.24) is 5.32 Å². The Balaban J connectivity index is 1.84. The van der Waals surface area contributed by atoms with Crippen molar-refractivity contribution in [2.75, 3.05) is 19.0 Å². The Morgan fingerprint density at radius 2 is 1.73 bits per heavy atom. The summed E-state index contributed by atoms with van der Waals surface area (Å²) in [6.45, 7) is 5.96. The van der Waals surface area contributed by atoms with Crippen LogP contribution in [-0.2, 0) is 9.53 Å². The van der Waals surface area contributed by atoms with Crippen molar-refractivity contribution in [2.24, 2.45) is 0 Å². The molecule has 2 amide bonds. The summed E-state index contributed by atoms with van der Waals surface area (Å²) >= 11 is 0. The van der Waals surface area contributed by atoms with Gasteiger partial charge >= 0.3 is 6.09 Å². The average molecular weight is 356 g/mol. The molecule has 138 valence electrons. The van der Waals surface area contributed by atoms with E-state index in [1.54, 1.807) is 24.3 Å². The zero-order valence-electron chi connectivity index (χ0n) is 15.5. The van der Waals surface area contributed by atoms with Gasteiger partial charge in [0.25, 0.3) is 5.91 Å². The Labute approximate surface area is 153 Å². The number of methoxy groups -OCH3 is 1. The Bertz CT molecular complexity index is 772. The van der Waals surface area contributed by atoms with Crippen LogP contribution in [0.25, 0.3) is 0 Å². The largest absolute Gasteiger partial charge is 0.484 e.